The van der Waals surface area contributed by atoms with Crippen molar-refractivity contribution in [3.8, 4) is 0 Å². The van der Waals surface area contributed by atoms with Crippen LogP contribution < -0.4 is 10.6 Å². The van der Waals surface area contributed by atoms with E-state index in [9.17, 15) is 9.59 Å². The molecular weight excluding hydrogens is 382 g/mol. The first-order valence-electron chi connectivity index (χ1n) is 10.2. The van der Waals surface area contributed by atoms with E-state index in [1.165, 1.54) is 0 Å². The molecule has 0 aliphatic carbocycles. The summed E-state index contributed by atoms with van der Waals surface area (Å²) in [6.45, 7) is 9.90. The molecule has 0 bridgehead atoms. The molecule has 0 aliphatic rings. The second-order valence-electron chi connectivity index (χ2n) is 8.03. The molecule has 0 spiro atoms. The highest BCUT2D eigenvalue weighted by Crippen LogP contribution is 2.17. The van der Waals surface area contributed by atoms with E-state index in [1.807, 2.05) is 45.2 Å². The number of nitrogens with one attached hydrogen (secondary N) is 3. The third-order valence-electron chi connectivity index (χ3n) is 5.01. The number of anilines is 1. The monoisotopic (exact) mass is 411 g/mol. The zero-order chi connectivity index (χ0) is 21.8. The summed E-state index contributed by atoms with van der Waals surface area (Å²) in [6, 6.07) is 2.99. The first kappa shape index (κ1) is 21.5. The molecule has 2 amide bonds. The number of hydrogen-bond acceptors (Lipinski definition) is 5. The lowest BCUT2D eigenvalue weighted by Gasteiger charge is -2.20. The van der Waals surface area contributed by atoms with Crippen LogP contribution in [0.3, 0.4) is 0 Å². The minimum Gasteiger partial charge on any atom is -0.344 e. The van der Waals surface area contributed by atoms with Gasteiger partial charge in [0.2, 0.25) is 11.8 Å². The zero-order valence-electron chi connectivity index (χ0n) is 18.1. The van der Waals surface area contributed by atoms with Gasteiger partial charge in [-0.2, -0.15) is 10.2 Å². The van der Waals surface area contributed by atoms with Gasteiger partial charge in [0, 0.05) is 29.9 Å². The molecule has 1 unspecified atom stereocenters. The lowest BCUT2D eigenvalue weighted by Crippen LogP contribution is -2.44. The fraction of sp³-hybridized carbons (Fsp3) is 0.476. The molecule has 0 fully saturated rings. The fourth-order valence-corrected chi connectivity index (χ4v) is 3.56. The summed E-state index contributed by atoms with van der Waals surface area (Å²) in [4.78, 5) is 29.9. The lowest BCUT2D eigenvalue weighted by atomic mass is 10.0. The van der Waals surface area contributed by atoms with E-state index in [2.05, 4.69) is 30.9 Å². The maximum Gasteiger partial charge on any atom is 0.248 e. The summed E-state index contributed by atoms with van der Waals surface area (Å²) < 4.78 is 1.81. The van der Waals surface area contributed by atoms with Crippen molar-refractivity contribution in [1.29, 1.82) is 0 Å². The number of carbonyl (C=O) groups is 2. The van der Waals surface area contributed by atoms with E-state index in [1.54, 1.807) is 12.3 Å². The molecular formula is C21H29N7O2. The molecule has 160 valence electrons. The molecule has 0 saturated heterocycles. The van der Waals surface area contributed by atoms with Gasteiger partial charge in [-0.05, 0) is 45.1 Å². The van der Waals surface area contributed by atoms with Crippen molar-refractivity contribution >= 4 is 23.3 Å². The summed E-state index contributed by atoms with van der Waals surface area (Å²) in [5, 5.41) is 16.6. The fourth-order valence-electron chi connectivity index (χ4n) is 3.56. The Labute approximate surface area is 175 Å². The highest BCUT2D eigenvalue weighted by molar-refractivity contribution is 5.96. The number of rotatable bonds is 8. The minimum atomic E-state index is -0.614. The predicted octanol–water partition coefficient (Wildman–Crippen LogP) is 2.48. The normalized spacial score (nSPS) is 12.3. The van der Waals surface area contributed by atoms with Gasteiger partial charge >= 0.3 is 0 Å². The highest BCUT2D eigenvalue weighted by Gasteiger charge is 2.23. The minimum absolute atomic E-state index is 0.170. The Morgan fingerprint density at radius 1 is 1.23 bits per heavy atom. The molecule has 3 rings (SSSR count). The summed E-state index contributed by atoms with van der Waals surface area (Å²) in [5.41, 5.74) is 4.59. The largest absolute Gasteiger partial charge is 0.344 e. The molecule has 9 nitrogen and oxygen atoms in total. The molecule has 3 N–H and O–H groups in total. The summed E-state index contributed by atoms with van der Waals surface area (Å²) in [5.74, 6) is 0.324. The number of aromatic amines is 1. The molecule has 9 heteroatoms. The van der Waals surface area contributed by atoms with Gasteiger partial charge in [-0.3, -0.25) is 14.7 Å². The maximum atomic E-state index is 12.7. The molecule has 3 heterocycles. The summed E-state index contributed by atoms with van der Waals surface area (Å²) in [6.07, 6.45) is 2.90. The maximum absolute atomic E-state index is 12.7. The molecule has 1 atom stereocenters. The standard InChI is InChI=1S/C21H29N7O2/c1-12(2)10-17(21(30)25-18-8-9-22-26-18)24-20(29)7-6-16-14(4)23-19-11-13(3)27-28(19)15(16)5/h8-9,11-12,17H,6-7,10H2,1-5H3,(H,24,29)(H2,22,25,26,30). The number of hydrogen-bond donors (Lipinski definition) is 3. The summed E-state index contributed by atoms with van der Waals surface area (Å²) >= 11 is 0. The third kappa shape index (κ3) is 5.03. The Morgan fingerprint density at radius 3 is 2.67 bits per heavy atom. The van der Waals surface area contributed by atoms with Crippen molar-refractivity contribution in [3.63, 3.8) is 0 Å². The Bertz CT molecular complexity index is 1040. The van der Waals surface area contributed by atoms with E-state index < -0.39 is 6.04 Å². The quantitative estimate of drug-likeness (QED) is 0.526. The van der Waals surface area contributed by atoms with Crippen LogP contribution in [0.15, 0.2) is 18.3 Å². The number of carbonyl (C=O) groups excluding carboxylic acids is 2. The molecule has 3 aromatic heterocycles. The third-order valence-corrected chi connectivity index (χ3v) is 5.01. The molecule has 30 heavy (non-hydrogen) atoms. The lowest BCUT2D eigenvalue weighted by molar-refractivity contribution is -0.126. The van der Waals surface area contributed by atoms with Gasteiger partial charge in [0.05, 0.1) is 11.9 Å². The van der Waals surface area contributed by atoms with Crippen molar-refractivity contribution in [1.82, 2.24) is 30.1 Å². The smallest absolute Gasteiger partial charge is 0.248 e. The van der Waals surface area contributed by atoms with Crippen LogP contribution in [0, 0.1) is 26.7 Å². The van der Waals surface area contributed by atoms with Gasteiger partial charge in [-0.25, -0.2) is 9.50 Å². The van der Waals surface area contributed by atoms with Crippen molar-refractivity contribution in [2.75, 3.05) is 5.32 Å². The number of aryl methyl sites for hydroxylation is 3. The Morgan fingerprint density at radius 2 is 2.00 bits per heavy atom. The number of nitrogens with zero attached hydrogens (tertiary/aromatic N) is 4. The van der Waals surface area contributed by atoms with E-state index in [4.69, 9.17) is 0 Å². The van der Waals surface area contributed by atoms with Gasteiger partial charge in [-0.15, -0.1) is 0 Å². The highest BCUT2D eigenvalue weighted by atomic mass is 16.2. The van der Waals surface area contributed by atoms with Crippen LogP contribution in [-0.4, -0.2) is 42.7 Å². The SMILES string of the molecule is Cc1cc2nc(C)c(CCC(=O)NC(CC(C)C)C(=O)Nc3ccn[nH]3)c(C)n2n1. The average molecular weight is 412 g/mol. The molecule has 0 aliphatic heterocycles. The van der Waals surface area contributed by atoms with Gasteiger partial charge < -0.3 is 10.6 Å². The second-order valence-corrected chi connectivity index (χ2v) is 8.03. The Kier molecular flexibility index (Phi) is 6.49. The number of H-pyrrole nitrogens is 1. The summed E-state index contributed by atoms with van der Waals surface area (Å²) in [7, 11) is 0. The second kappa shape index (κ2) is 9.06. The van der Waals surface area contributed by atoms with Crippen molar-refractivity contribution in [2.24, 2.45) is 5.92 Å². The van der Waals surface area contributed by atoms with E-state index in [-0.39, 0.29) is 24.2 Å². The predicted molar refractivity (Wildman–Crippen MR) is 114 cm³/mol. The number of fused-ring (bicyclic) bond motifs is 1. The Balaban J connectivity index is 1.66. The van der Waals surface area contributed by atoms with Crippen molar-refractivity contribution < 1.29 is 9.59 Å². The van der Waals surface area contributed by atoms with Crippen LogP contribution in [0.5, 0.6) is 0 Å². The molecule has 0 radical (unpaired) electrons. The van der Waals surface area contributed by atoms with Gasteiger partial charge in [0.15, 0.2) is 5.65 Å². The van der Waals surface area contributed by atoms with Crippen molar-refractivity contribution in [3.05, 3.63) is 41.0 Å². The van der Waals surface area contributed by atoms with Crippen LogP contribution in [0.25, 0.3) is 5.65 Å². The van der Waals surface area contributed by atoms with Crippen molar-refractivity contribution in [2.45, 2.75) is 59.9 Å². The van der Waals surface area contributed by atoms with E-state index in [0.717, 1.165) is 28.3 Å². The van der Waals surface area contributed by atoms with Crippen LogP contribution in [-0.2, 0) is 16.0 Å². The molecule has 3 aromatic rings. The number of aromatic nitrogens is 5. The van der Waals surface area contributed by atoms with Crippen LogP contribution in [0.2, 0.25) is 0 Å². The number of amides is 2. The molecule has 0 aromatic carbocycles. The van der Waals surface area contributed by atoms with Gasteiger partial charge in [0.25, 0.3) is 0 Å². The average Bonchev–Trinajstić information content (AvgIpc) is 3.29. The van der Waals surface area contributed by atoms with E-state index in [0.29, 0.717) is 18.7 Å². The van der Waals surface area contributed by atoms with Crippen LogP contribution >= 0.6 is 0 Å². The zero-order valence-corrected chi connectivity index (χ0v) is 18.1. The van der Waals surface area contributed by atoms with E-state index >= 15 is 0 Å². The first-order valence-corrected chi connectivity index (χ1v) is 10.2. The van der Waals surface area contributed by atoms with Gasteiger partial charge in [0.1, 0.15) is 11.9 Å². The Hall–Kier alpha value is -3.23. The molecule has 0 saturated carbocycles. The van der Waals surface area contributed by atoms with Crippen LogP contribution in [0.4, 0.5) is 5.82 Å². The topological polar surface area (TPSA) is 117 Å². The first-order chi connectivity index (χ1) is 14.2. The van der Waals surface area contributed by atoms with Gasteiger partial charge in [-0.1, -0.05) is 13.8 Å². The van der Waals surface area contributed by atoms with Crippen LogP contribution in [0.1, 0.15) is 49.3 Å².